The summed E-state index contributed by atoms with van der Waals surface area (Å²) in [5.41, 5.74) is 18.3. The van der Waals surface area contributed by atoms with Crippen LogP contribution in [0.1, 0.15) is 66.2 Å². The van der Waals surface area contributed by atoms with Crippen molar-refractivity contribution in [3.05, 3.63) is 89.5 Å². The number of nitrogens with two attached hydrogens (primary N) is 3. The number of rotatable bonds is 21. The molecule has 0 saturated carbocycles. The molecule has 16 nitrogen and oxygen atoms in total. The normalized spacial score (nSPS) is 13.0. The second kappa shape index (κ2) is 20.5. The van der Waals surface area contributed by atoms with Crippen molar-refractivity contribution in [2.45, 2.75) is 76.0 Å². The van der Waals surface area contributed by atoms with Crippen LogP contribution in [0.15, 0.2) is 72.1 Å². The molecule has 0 aliphatic rings. The molecule has 0 saturated heterocycles. The van der Waals surface area contributed by atoms with Crippen LogP contribution < -0.4 is 38.5 Å². The molecular formula is C35H47N11O5. The second-order valence-corrected chi connectivity index (χ2v) is 12.0. The Morgan fingerprint density at radius 3 is 2.14 bits per heavy atom. The number of imidazole rings is 1. The quantitative estimate of drug-likeness (QED) is 0.0316. The van der Waals surface area contributed by atoms with Crippen molar-refractivity contribution in [3.8, 4) is 0 Å². The maximum Gasteiger partial charge on any atom is 0.251 e. The van der Waals surface area contributed by atoms with E-state index in [1.807, 2.05) is 6.92 Å². The Hall–Kier alpha value is -6.06. The molecule has 0 aliphatic carbocycles. The van der Waals surface area contributed by atoms with E-state index in [9.17, 15) is 24.0 Å². The van der Waals surface area contributed by atoms with E-state index in [2.05, 4.69) is 36.2 Å². The predicted molar refractivity (Wildman–Crippen MR) is 192 cm³/mol. The van der Waals surface area contributed by atoms with E-state index in [1.165, 1.54) is 12.5 Å². The van der Waals surface area contributed by atoms with Gasteiger partial charge < -0.3 is 48.2 Å². The number of aldehydes is 1. The molecule has 1 heterocycles. The maximum atomic E-state index is 14.0. The second-order valence-electron chi connectivity index (χ2n) is 12.0. The van der Waals surface area contributed by atoms with Crippen molar-refractivity contribution < 1.29 is 24.0 Å². The van der Waals surface area contributed by atoms with Crippen molar-refractivity contribution in [2.75, 3.05) is 6.54 Å². The third-order valence-corrected chi connectivity index (χ3v) is 7.89. The number of nitrogens with zero attached hydrogens (tertiary/aromatic N) is 2. The van der Waals surface area contributed by atoms with E-state index in [0.29, 0.717) is 47.9 Å². The summed E-state index contributed by atoms with van der Waals surface area (Å²) in [6, 6.07) is 10.9. The number of guanidine groups is 1. The summed E-state index contributed by atoms with van der Waals surface area (Å²) < 4.78 is 0. The Bertz CT molecular complexity index is 1640. The fraction of sp³-hybridized carbons (Fsp3) is 0.371. The number of amidine groups is 1. The standard InChI is InChI=1S/C35H47N11O5/c1-2-3-14-27(44-31(48)23-10-5-4-6-11-23)32(49)46-29(18-26-19-40-21-42-26)34(51)45-28(17-22-9-7-12-24(16-22)30(36)37)33(50)43-25(20-47)13-8-15-41-35(38)39/h4-7,9-12,16,19-21,25,27-29H,2-3,8,13-15,17-18H2,1H3,(H3,36,37)(H,40,42)(H,43,50)(H,44,48)(H,45,51)(H,46,49)(H4,38,39,41)/t25-,27-,28-,29-/m0/s1. The van der Waals surface area contributed by atoms with Crippen LogP contribution in [0.5, 0.6) is 0 Å². The van der Waals surface area contributed by atoms with E-state index in [0.717, 1.165) is 6.42 Å². The summed E-state index contributed by atoms with van der Waals surface area (Å²) in [6.45, 7) is 2.21. The Morgan fingerprint density at radius 2 is 1.51 bits per heavy atom. The number of amides is 4. The third kappa shape index (κ3) is 13.4. The Kier molecular flexibility index (Phi) is 15.8. The van der Waals surface area contributed by atoms with E-state index in [4.69, 9.17) is 22.6 Å². The predicted octanol–water partition coefficient (Wildman–Crippen LogP) is 0.175. The first-order valence-electron chi connectivity index (χ1n) is 16.7. The number of aromatic amines is 1. The molecule has 0 spiro atoms. The molecule has 12 N–H and O–H groups in total. The van der Waals surface area contributed by atoms with E-state index < -0.39 is 47.8 Å². The SMILES string of the molecule is CCCC[C@H](NC(=O)c1ccccc1)C(=O)N[C@@H](Cc1cnc[nH]1)C(=O)N[C@@H](Cc1cccc(C(=N)N)c1)C(=O)N[C@H](C=O)CCCN=C(N)N. The van der Waals surface area contributed by atoms with Crippen molar-refractivity contribution in [1.29, 1.82) is 5.41 Å². The van der Waals surface area contributed by atoms with Crippen LogP contribution in [-0.4, -0.2) is 82.4 Å². The monoisotopic (exact) mass is 701 g/mol. The Balaban J connectivity index is 1.86. The number of hydrogen-bond acceptors (Lipinski definition) is 8. The number of nitrogen functional groups attached to an aromatic ring is 1. The molecular weight excluding hydrogens is 654 g/mol. The smallest absolute Gasteiger partial charge is 0.251 e. The molecule has 51 heavy (non-hydrogen) atoms. The van der Waals surface area contributed by atoms with Gasteiger partial charge in [-0.05, 0) is 43.0 Å². The molecule has 16 heteroatoms. The van der Waals surface area contributed by atoms with Crippen molar-refractivity contribution in [1.82, 2.24) is 31.2 Å². The van der Waals surface area contributed by atoms with E-state index >= 15 is 0 Å². The summed E-state index contributed by atoms with van der Waals surface area (Å²) in [5, 5.41) is 18.8. The van der Waals surface area contributed by atoms with Gasteiger partial charge in [0.2, 0.25) is 17.7 Å². The molecule has 4 amide bonds. The van der Waals surface area contributed by atoms with Gasteiger partial charge >= 0.3 is 0 Å². The largest absolute Gasteiger partial charge is 0.384 e. The average molecular weight is 702 g/mol. The van der Waals surface area contributed by atoms with Crippen LogP contribution in [0, 0.1) is 5.41 Å². The van der Waals surface area contributed by atoms with Crippen molar-refractivity contribution in [3.63, 3.8) is 0 Å². The van der Waals surface area contributed by atoms with Crippen LogP contribution >= 0.6 is 0 Å². The highest BCUT2D eigenvalue weighted by Crippen LogP contribution is 2.11. The lowest BCUT2D eigenvalue weighted by atomic mass is 10.0. The minimum Gasteiger partial charge on any atom is -0.384 e. The summed E-state index contributed by atoms with van der Waals surface area (Å²) in [5.74, 6) is -2.64. The van der Waals surface area contributed by atoms with Crippen LogP contribution in [0.4, 0.5) is 0 Å². The van der Waals surface area contributed by atoms with Crippen LogP contribution in [0.25, 0.3) is 0 Å². The lowest BCUT2D eigenvalue weighted by molar-refractivity contribution is -0.133. The highest BCUT2D eigenvalue weighted by atomic mass is 16.2. The topological polar surface area (TPSA) is 276 Å². The van der Waals surface area contributed by atoms with Gasteiger partial charge in [-0.25, -0.2) is 4.98 Å². The molecule has 0 unspecified atom stereocenters. The summed E-state index contributed by atoms with van der Waals surface area (Å²) in [4.78, 5) is 77.1. The average Bonchev–Trinajstić information content (AvgIpc) is 3.64. The molecule has 1 aromatic heterocycles. The van der Waals surface area contributed by atoms with Gasteiger partial charge in [0.15, 0.2) is 5.96 Å². The molecule has 3 aromatic rings. The molecule has 0 radical (unpaired) electrons. The van der Waals surface area contributed by atoms with Crippen molar-refractivity contribution >= 4 is 41.7 Å². The number of benzene rings is 2. The first-order chi connectivity index (χ1) is 24.5. The van der Waals surface area contributed by atoms with Gasteiger partial charge in [0.25, 0.3) is 5.91 Å². The number of aliphatic imine (C=N–C) groups is 1. The van der Waals surface area contributed by atoms with Crippen molar-refractivity contribution in [2.24, 2.45) is 22.2 Å². The number of nitrogens with one attached hydrogen (secondary N) is 6. The molecule has 272 valence electrons. The Labute approximate surface area is 296 Å². The van der Waals surface area contributed by atoms with Gasteiger partial charge in [-0.3, -0.25) is 29.6 Å². The lowest BCUT2D eigenvalue weighted by Gasteiger charge is -2.26. The van der Waals surface area contributed by atoms with Gasteiger partial charge in [-0.15, -0.1) is 0 Å². The molecule has 2 aromatic carbocycles. The van der Waals surface area contributed by atoms with E-state index in [1.54, 1.807) is 54.6 Å². The first-order valence-corrected chi connectivity index (χ1v) is 16.7. The lowest BCUT2D eigenvalue weighted by Crippen LogP contribution is -2.58. The van der Waals surface area contributed by atoms with Gasteiger partial charge in [-0.2, -0.15) is 0 Å². The number of H-pyrrole nitrogens is 1. The van der Waals surface area contributed by atoms with E-state index in [-0.39, 0.29) is 37.6 Å². The summed E-state index contributed by atoms with van der Waals surface area (Å²) >= 11 is 0. The fourth-order valence-electron chi connectivity index (χ4n) is 5.17. The molecule has 0 bridgehead atoms. The third-order valence-electron chi connectivity index (χ3n) is 7.89. The maximum absolute atomic E-state index is 14.0. The van der Waals surface area contributed by atoms with Crippen LogP contribution in [0.3, 0.4) is 0 Å². The van der Waals surface area contributed by atoms with Gasteiger partial charge in [0, 0.05) is 42.4 Å². The molecule has 0 aliphatic heterocycles. The van der Waals surface area contributed by atoms with Crippen LogP contribution in [0.2, 0.25) is 0 Å². The first kappa shape index (κ1) is 39.4. The zero-order valence-corrected chi connectivity index (χ0v) is 28.6. The zero-order chi connectivity index (χ0) is 37.2. The number of unbranched alkanes of at least 4 members (excludes halogenated alkanes) is 1. The number of carbonyl (C=O) groups is 5. The summed E-state index contributed by atoms with van der Waals surface area (Å²) in [7, 11) is 0. The van der Waals surface area contributed by atoms with Gasteiger partial charge in [0.05, 0.1) is 12.4 Å². The van der Waals surface area contributed by atoms with Crippen LogP contribution in [-0.2, 0) is 32.0 Å². The summed E-state index contributed by atoms with van der Waals surface area (Å²) in [6.07, 6.45) is 5.84. The number of aromatic nitrogens is 2. The molecule has 0 fully saturated rings. The molecule has 4 atom stereocenters. The highest BCUT2D eigenvalue weighted by molar-refractivity contribution is 5.99. The Morgan fingerprint density at radius 1 is 0.843 bits per heavy atom. The minimum atomic E-state index is -1.21. The highest BCUT2D eigenvalue weighted by Gasteiger charge is 2.31. The number of hydrogen-bond donors (Lipinski definition) is 9. The van der Waals surface area contributed by atoms with Gasteiger partial charge in [0.1, 0.15) is 30.2 Å². The van der Waals surface area contributed by atoms with Gasteiger partial charge in [-0.1, -0.05) is 56.2 Å². The number of carbonyl (C=O) groups excluding carboxylic acids is 5. The molecule has 3 rings (SSSR count). The zero-order valence-electron chi connectivity index (χ0n) is 28.6. The fourth-order valence-corrected chi connectivity index (χ4v) is 5.17. The minimum absolute atomic E-state index is 0.0133.